The number of ether oxygens (including phenoxy) is 1. The van der Waals surface area contributed by atoms with E-state index in [4.69, 9.17) is 4.74 Å². The van der Waals surface area contributed by atoms with Gasteiger partial charge in [-0.2, -0.15) is 0 Å². The lowest BCUT2D eigenvalue weighted by Gasteiger charge is -2.15. The molecular formula is C20H23N3O5S. The molecule has 0 radical (unpaired) electrons. The number of hydrogen-bond donors (Lipinski definition) is 1. The first kappa shape index (κ1) is 20.7. The molecule has 1 aromatic heterocycles. The Bertz CT molecular complexity index is 1270. The van der Waals surface area contributed by atoms with Crippen LogP contribution in [0.5, 0.6) is 5.75 Å². The van der Waals surface area contributed by atoms with Crippen LogP contribution in [0.3, 0.4) is 0 Å². The lowest BCUT2D eigenvalue weighted by Crippen LogP contribution is -2.19. The standard InChI is InChI=1S/C20H23N3O5S/c1-12(2)29(26,27)18-11-16-15(22(3)20(25)23(16)4)10-14(18)21-19(24)13-8-6-7-9-17(13)28-5/h6-12H,1-5H3,(H,21,24). The molecule has 0 aliphatic heterocycles. The third-order valence-corrected chi connectivity index (χ3v) is 7.09. The van der Waals surface area contributed by atoms with E-state index in [0.717, 1.165) is 0 Å². The van der Waals surface area contributed by atoms with E-state index in [9.17, 15) is 18.0 Å². The third kappa shape index (κ3) is 3.42. The van der Waals surface area contributed by atoms with Gasteiger partial charge in [0.1, 0.15) is 5.75 Å². The predicted molar refractivity (Wildman–Crippen MR) is 111 cm³/mol. The summed E-state index contributed by atoms with van der Waals surface area (Å²) < 4.78 is 33.9. The van der Waals surface area contributed by atoms with Gasteiger partial charge < -0.3 is 10.1 Å². The van der Waals surface area contributed by atoms with E-state index < -0.39 is 21.0 Å². The Morgan fingerprint density at radius 2 is 1.66 bits per heavy atom. The lowest BCUT2D eigenvalue weighted by atomic mass is 10.1. The molecule has 2 aromatic carbocycles. The fraction of sp³-hybridized carbons (Fsp3) is 0.300. The first-order valence-corrected chi connectivity index (χ1v) is 10.5. The van der Waals surface area contributed by atoms with Crippen molar-refractivity contribution >= 4 is 32.5 Å². The van der Waals surface area contributed by atoms with E-state index in [1.807, 2.05) is 0 Å². The van der Waals surface area contributed by atoms with E-state index in [1.54, 1.807) is 52.2 Å². The number of aromatic nitrogens is 2. The molecule has 1 N–H and O–H groups in total. The molecule has 0 saturated carbocycles. The molecule has 29 heavy (non-hydrogen) atoms. The van der Waals surface area contributed by atoms with Crippen LogP contribution >= 0.6 is 0 Å². The Kier molecular flexibility index (Phi) is 5.27. The number of sulfone groups is 1. The number of carbonyl (C=O) groups excluding carboxylic acids is 1. The van der Waals surface area contributed by atoms with Crippen molar-refractivity contribution in [2.24, 2.45) is 14.1 Å². The molecule has 0 aliphatic carbocycles. The summed E-state index contributed by atoms with van der Waals surface area (Å²) in [6.45, 7) is 3.13. The summed E-state index contributed by atoms with van der Waals surface area (Å²) in [5, 5.41) is 1.98. The van der Waals surface area contributed by atoms with Gasteiger partial charge in [0, 0.05) is 14.1 Å². The average Bonchev–Trinajstić information content (AvgIpc) is 2.90. The fourth-order valence-corrected chi connectivity index (χ4v) is 4.34. The van der Waals surface area contributed by atoms with Crippen molar-refractivity contribution in [3.05, 3.63) is 52.4 Å². The molecule has 8 nitrogen and oxygen atoms in total. The van der Waals surface area contributed by atoms with E-state index in [-0.39, 0.29) is 21.8 Å². The van der Waals surface area contributed by atoms with Crippen molar-refractivity contribution in [3.63, 3.8) is 0 Å². The fourth-order valence-electron chi connectivity index (χ4n) is 3.13. The molecule has 0 aliphatic rings. The Hall–Kier alpha value is -3.07. The molecule has 0 fully saturated rings. The molecule has 1 heterocycles. The van der Waals surface area contributed by atoms with Crippen molar-refractivity contribution in [2.45, 2.75) is 24.0 Å². The molecule has 0 unspecified atom stereocenters. The number of hydrogen-bond acceptors (Lipinski definition) is 5. The summed E-state index contributed by atoms with van der Waals surface area (Å²) in [6.07, 6.45) is 0. The van der Waals surface area contributed by atoms with Crippen LogP contribution in [0.25, 0.3) is 11.0 Å². The molecule has 154 valence electrons. The number of carbonyl (C=O) groups is 1. The Balaban J connectivity index is 2.23. The smallest absolute Gasteiger partial charge is 0.328 e. The quantitative estimate of drug-likeness (QED) is 0.687. The summed E-state index contributed by atoms with van der Waals surface area (Å²) >= 11 is 0. The number of amides is 1. The number of para-hydroxylation sites is 1. The SMILES string of the molecule is COc1ccccc1C(=O)Nc1cc2c(cc1S(=O)(=O)C(C)C)n(C)c(=O)n2C. The van der Waals surface area contributed by atoms with Gasteiger partial charge in [0.05, 0.1) is 39.5 Å². The number of rotatable bonds is 5. The van der Waals surface area contributed by atoms with Gasteiger partial charge in [-0.25, -0.2) is 13.2 Å². The summed E-state index contributed by atoms with van der Waals surface area (Å²) in [5.74, 6) is -0.144. The van der Waals surface area contributed by atoms with Crippen LogP contribution < -0.4 is 15.7 Å². The van der Waals surface area contributed by atoms with Gasteiger partial charge in [-0.05, 0) is 38.1 Å². The number of imidazole rings is 1. The number of nitrogens with zero attached hydrogens (tertiary/aromatic N) is 2. The highest BCUT2D eigenvalue weighted by Gasteiger charge is 2.26. The molecule has 0 atom stereocenters. The van der Waals surface area contributed by atoms with Crippen LogP contribution in [0.2, 0.25) is 0 Å². The van der Waals surface area contributed by atoms with Gasteiger partial charge in [0.25, 0.3) is 5.91 Å². The number of nitrogens with one attached hydrogen (secondary N) is 1. The van der Waals surface area contributed by atoms with Crippen LogP contribution in [0.1, 0.15) is 24.2 Å². The highest BCUT2D eigenvalue weighted by Crippen LogP contribution is 2.31. The van der Waals surface area contributed by atoms with Gasteiger partial charge in [0.2, 0.25) is 0 Å². The minimum atomic E-state index is -3.73. The minimum absolute atomic E-state index is 0.0375. The van der Waals surface area contributed by atoms with Crippen LogP contribution in [0.4, 0.5) is 5.69 Å². The first-order chi connectivity index (χ1) is 13.6. The maximum Gasteiger partial charge on any atom is 0.328 e. The molecule has 3 aromatic rings. The van der Waals surface area contributed by atoms with Gasteiger partial charge >= 0.3 is 5.69 Å². The summed E-state index contributed by atoms with van der Waals surface area (Å²) in [5.41, 5.74) is 1.07. The van der Waals surface area contributed by atoms with Gasteiger partial charge in [0.15, 0.2) is 9.84 Å². The van der Waals surface area contributed by atoms with Crippen LogP contribution in [-0.2, 0) is 23.9 Å². The summed E-state index contributed by atoms with van der Waals surface area (Å²) in [4.78, 5) is 25.1. The highest BCUT2D eigenvalue weighted by atomic mass is 32.2. The minimum Gasteiger partial charge on any atom is -0.496 e. The van der Waals surface area contributed by atoms with Crippen molar-refractivity contribution < 1.29 is 17.9 Å². The zero-order chi connectivity index (χ0) is 21.5. The average molecular weight is 417 g/mol. The normalized spacial score (nSPS) is 11.8. The maximum absolute atomic E-state index is 13.0. The van der Waals surface area contributed by atoms with Crippen LogP contribution in [-0.4, -0.2) is 35.8 Å². The van der Waals surface area contributed by atoms with Gasteiger partial charge in [-0.15, -0.1) is 0 Å². The molecule has 9 heteroatoms. The number of fused-ring (bicyclic) bond motifs is 1. The Morgan fingerprint density at radius 1 is 1.07 bits per heavy atom. The van der Waals surface area contributed by atoms with Crippen molar-refractivity contribution in [2.75, 3.05) is 12.4 Å². The van der Waals surface area contributed by atoms with E-state index >= 15 is 0 Å². The van der Waals surface area contributed by atoms with Gasteiger partial charge in [-0.1, -0.05) is 12.1 Å². The molecule has 0 saturated heterocycles. The lowest BCUT2D eigenvalue weighted by molar-refractivity contribution is 0.102. The van der Waals surface area contributed by atoms with Crippen LogP contribution in [0.15, 0.2) is 46.1 Å². The summed E-state index contributed by atoms with van der Waals surface area (Å²) in [7, 11) is 0.881. The Labute approximate surface area is 168 Å². The van der Waals surface area contributed by atoms with Crippen molar-refractivity contribution in [1.82, 2.24) is 9.13 Å². The molecular weight excluding hydrogens is 394 g/mol. The van der Waals surface area contributed by atoms with E-state index in [2.05, 4.69) is 5.32 Å². The molecule has 3 rings (SSSR count). The monoisotopic (exact) mass is 417 g/mol. The van der Waals surface area contributed by atoms with Crippen LogP contribution in [0, 0.1) is 0 Å². The van der Waals surface area contributed by atoms with Crippen molar-refractivity contribution in [3.8, 4) is 5.75 Å². The second kappa shape index (κ2) is 7.40. The predicted octanol–water partition coefficient (Wildman–Crippen LogP) is 2.32. The number of methoxy groups -OCH3 is 1. The maximum atomic E-state index is 13.0. The van der Waals surface area contributed by atoms with Crippen molar-refractivity contribution in [1.29, 1.82) is 0 Å². The molecule has 1 amide bonds. The zero-order valence-corrected chi connectivity index (χ0v) is 17.7. The van der Waals surface area contributed by atoms with E-state index in [0.29, 0.717) is 16.8 Å². The first-order valence-electron chi connectivity index (χ1n) is 8.97. The number of benzene rings is 2. The largest absolute Gasteiger partial charge is 0.496 e. The number of anilines is 1. The zero-order valence-electron chi connectivity index (χ0n) is 16.9. The molecule has 0 spiro atoms. The molecule has 0 bridgehead atoms. The van der Waals surface area contributed by atoms with Gasteiger partial charge in [-0.3, -0.25) is 13.9 Å². The highest BCUT2D eigenvalue weighted by molar-refractivity contribution is 7.92. The third-order valence-electron chi connectivity index (χ3n) is 4.90. The topological polar surface area (TPSA) is 99.4 Å². The number of aryl methyl sites for hydroxylation is 2. The second-order valence-corrected chi connectivity index (χ2v) is 9.46. The second-order valence-electron chi connectivity index (χ2n) is 6.99. The van der Waals surface area contributed by atoms with E-state index in [1.165, 1.54) is 28.4 Å². The summed E-state index contributed by atoms with van der Waals surface area (Å²) in [6, 6.07) is 9.60. The Morgan fingerprint density at radius 3 is 2.24 bits per heavy atom.